The zero-order chi connectivity index (χ0) is 14.5. The maximum absolute atomic E-state index is 11.7. The van der Waals surface area contributed by atoms with Crippen LogP contribution >= 0.6 is 11.6 Å². The molecule has 2 aromatic rings. The van der Waals surface area contributed by atoms with E-state index in [9.17, 15) is 4.79 Å². The maximum atomic E-state index is 11.7. The van der Waals surface area contributed by atoms with Crippen LogP contribution in [0.4, 0.5) is 0 Å². The Labute approximate surface area is 121 Å². The first-order chi connectivity index (χ1) is 9.63. The van der Waals surface area contributed by atoms with E-state index in [4.69, 9.17) is 16.3 Å². The minimum Gasteiger partial charge on any atom is -0.457 e. The summed E-state index contributed by atoms with van der Waals surface area (Å²) in [6.07, 6.45) is 1.50. The van der Waals surface area contributed by atoms with Crippen LogP contribution in [0.3, 0.4) is 0 Å². The predicted molar refractivity (Wildman–Crippen MR) is 75.8 cm³/mol. The highest BCUT2D eigenvalue weighted by molar-refractivity contribution is 6.31. The van der Waals surface area contributed by atoms with E-state index >= 15 is 0 Å². The number of rotatable bonds is 5. The van der Waals surface area contributed by atoms with E-state index in [2.05, 4.69) is 16.9 Å². The highest BCUT2D eigenvalue weighted by Gasteiger charge is 2.17. The SMILES string of the molecule is C=CCOC(=O)c1nnn(Cc2ccccc2Cl)c1C. The normalized spacial score (nSPS) is 10.3. The Kier molecular flexibility index (Phi) is 4.53. The average Bonchev–Trinajstić information content (AvgIpc) is 2.80. The van der Waals surface area contributed by atoms with Crippen LogP contribution in [0.25, 0.3) is 0 Å². The molecule has 0 spiro atoms. The lowest BCUT2D eigenvalue weighted by Crippen LogP contribution is -2.09. The first kappa shape index (κ1) is 14.3. The lowest BCUT2D eigenvalue weighted by Gasteiger charge is -2.05. The van der Waals surface area contributed by atoms with Crippen LogP contribution in [-0.2, 0) is 11.3 Å². The Hall–Kier alpha value is -2.14. The molecular weight excluding hydrogens is 278 g/mol. The number of benzene rings is 1. The quantitative estimate of drug-likeness (QED) is 0.628. The topological polar surface area (TPSA) is 57.0 Å². The summed E-state index contributed by atoms with van der Waals surface area (Å²) >= 11 is 6.10. The number of esters is 1. The van der Waals surface area contributed by atoms with Gasteiger partial charge in [0, 0.05) is 5.02 Å². The highest BCUT2D eigenvalue weighted by Crippen LogP contribution is 2.17. The summed E-state index contributed by atoms with van der Waals surface area (Å²) in [5.41, 5.74) is 1.76. The lowest BCUT2D eigenvalue weighted by atomic mass is 10.2. The molecule has 0 bridgehead atoms. The summed E-state index contributed by atoms with van der Waals surface area (Å²) in [5.74, 6) is -0.507. The van der Waals surface area contributed by atoms with Crippen LogP contribution in [0.15, 0.2) is 36.9 Å². The molecule has 6 heteroatoms. The molecule has 20 heavy (non-hydrogen) atoms. The van der Waals surface area contributed by atoms with Crippen molar-refractivity contribution in [1.29, 1.82) is 0 Å². The largest absolute Gasteiger partial charge is 0.457 e. The molecule has 5 nitrogen and oxygen atoms in total. The van der Waals surface area contributed by atoms with Crippen molar-refractivity contribution in [2.45, 2.75) is 13.5 Å². The molecule has 0 atom stereocenters. The number of carbonyl (C=O) groups is 1. The summed E-state index contributed by atoms with van der Waals surface area (Å²) in [7, 11) is 0. The number of carbonyl (C=O) groups excluding carboxylic acids is 1. The van der Waals surface area contributed by atoms with Gasteiger partial charge in [-0.05, 0) is 18.6 Å². The molecule has 0 aliphatic rings. The van der Waals surface area contributed by atoms with Crippen LogP contribution in [0, 0.1) is 6.92 Å². The first-order valence-electron chi connectivity index (χ1n) is 6.05. The number of aromatic nitrogens is 3. The second-order valence-corrected chi connectivity index (χ2v) is 4.57. The number of ether oxygens (including phenoxy) is 1. The van der Waals surface area contributed by atoms with E-state index in [1.165, 1.54) is 6.08 Å². The third-order valence-electron chi connectivity index (χ3n) is 2.79. The molecule has 104 valence electrons. The maximum Gasteiger partial charge on any atom is 0.361 e. The van der Waals surface area contributed by atoms with E-state index in [1.807, 2.05) is 24.3 Å². The molecule has 0 saturated carbocycles. The van der Waals surface area contributed by atoms with Gasteiger partial charge in [0.25, 0.3) is 0 Å². The van der Waals surface area contributed by atoms with Crippen molar-refractivity contribution in [3.63, 3.8) is 0 Å². The molecule has 0 aliphatic heterocycles. The van der Waals surface area contributed by atoms with Crippen molar-refractivity contribution in [2.75, 3.05) is 6.61 Å². The molecule has 1 aromatic heterocycles. The summed E-state index contributed by atoms with van der Waals surface area (Å²) in [5, 5.41) is 8.47. The van der Waals surface area contributed by atoms with Gasteiger partial charge in [0.05, 0.1) is 12.2 Å². The van der Waals surface area contributed by atoms with Crippen LogP contribution in [0.1, 0.15) is 21.7 Å². The predicted octanol–water partition coefficient (Wildman–Crippen LogP) is 2.63. The van der Waals surface area contributed by atoms with Gasteiger partial charge in [-0.2, -0.15) is 0 Å². The van der Waals surface area contributed by atoms with E-state index in [-0.39, 0.29) is 12.3 Å². The zero-order valence-corrected chi connectivity index (χ0v) is 11.8. The number of hydrogen-bond acceptors (Lipinski definition) is 4. The fourth-order valence-electron chi connectivity index (χ4n) is 1.69. The second-order valence-electron chi connectivity index (χ2n) is 4.16. The van der Waals surface area contributed by atoms with Crippen LogP contribution in [0.5, 0.6) is 0 Å². The van der Waals surface area contributed by atoms with Gasteiger partial charge in [0.1, 0.15) is 6.61 Å². The van der Waals surface area contributed by atoms with Crippen molar-refractivity contribution in [1.82, 2.24) is 15.0 Å². The zero-order valence-electron chi connectivity index (χ0n) is 11.0. The van der Waals surface area contributed by atoms with Crippen molar-refractivity contribution in [3.8, 4) is 0 Å². The van der Waals surface area contributed by atoms with Crippen molar-refractivity contribution >= 4 is 17.6 Å². The Morgan fingerprint density at radius 2 is 2.25 bits per heavy atom. The molecule has 0 saturated heterocycles. The van der Waals surface area contributed by atoms with Gasteiger partial charge in [-0.1, -0.05) is 47.7 Å². The third kappa shape index (κ3) is 3.05. The van der Waals surface area contributed by atoms with Gasteiger partial charge >= 0.3 is 5.97 Å². The number of hydrogen-bond donors (Lipinski definition) is 0. The highest BCUT2D eigenvalue weighted by atomic mass is 35.5. The minimum atomic E-state index is -0.507. The smallest absolute Gasteiger partial charge is 0.361 e. The molecule has 0 amide bonds. The van der Waals surface area contributed by atoms with Crippen molar-refractivity contribution in [2.24, 2.45) is 0 Å². The Morgan fingerprint density at radius 1 is 1.50 bits per heavy atom. The van der Waals surface area contributed by atoms with E-state index in [0.717, 1.165) is 5.56 Å². The first-order valence-corrected chi connectivity index (χ1v) is 6.42. The van der Waals surface area contributed by atoms with Crippen LogP contribution < -0.4 is 0 Å². The number of halogens is 1. The summed E-state index contributed by atoms with van der Waals surface area (Å²) in [6, 6.07) is 7.46. The fraction of sp³-hybridized carbons (Fsp3) is 0.214. The molecule has 2 rings (SSSR count). The van der Waals surface area contributed by atoms with E-state index < -0.39 is 5.97 Å². The fourth-order valence-corrected chi connectivity index (χ4v) is 1.89. The standard InChI is InChI=1S/C14H14ClN3O2/c1-3-8-20-14(19)13-10(2)18(17-16-13)9-11-6-4-5-7-12(11)15/h3-7H,1,8-9H2,2H3. The second kappa shape index (κ2) is 6.34. The summed E-state index contributed by atoms with van der Waals surface area (Å²) in [6.45, 7) is 5.85. The van der Waals surface area contributed by atoms with Gasteiger partial charge in [0.2, 0.25) is 0 Å². The van der Waals surface area contributed by atoms with Crippen LogP contribution in [0.2, 0.25) is 5.02 Å². The molecule has 1 heterocycles. The Bertz CT molecular complexity index is 637. The van der Waals surface area contributed by atoms with Gasteiger partial charge < -0.3 is 4.74 Å². The Morgan fingerprint density at radius 3 is 2.95 bits per heavy atom. The van der Waals surface area contributed by atoms with Crippen LogP contribution in [-0.4, -0.2) is 27.6 Å². The van der Waals surface area contributed by atoms with Crippen molar-refractivity contribution < 1.29 is 9.53 Å². The van der Waals surface area contributed by atoms with Gasteiger partial charge in [-0.15, -0.1) is 5.10 Å². The number of nitrogens with zero attached hydrogens (tertiary/aromatic N) is 3. The molecule has 0 radical (unpaired) electrons. The van der Waals surface area contributed by atoms with Gasteiger partial charge in [0.15, 0.2) is 5.69 Å². The Balaban J connectivity index is 2.19. The molecule has 0 unspecified atom stereocenters. The summed E-state index contributed by atoms with van der Waals surface area (Å²) in [4.78, 5) is 11.7. The molecule has 0 N–H and O–H groups in total. The monoisotopic (exact) mass is 291 g/mol. The molecule has 0 fully saturated rings. The third-order valence-corrected chi connectivity index (χ3v) is 3.15. The van der Waals surface area contributed by atoms with Gasteiger partial charge in [-0.25, -0.2) is 9.48 Å². The molecule has 1 aromatic carbocycles. The molecule has 0 aliphatic carbocycles. The minimum absolute atomic E-state index is 0.148. The van der Waals surface area contributed by atoms with Gasteiger partial charge in [-0.3, -0.25) is 0 Å². The average molecular weight is 292 g/mol. The lowest BCUT2D eigenvalue weighted by molar-refractivity contribution is 0.0542. The summed E-state index contributed by atoms with van der Waals surface area (Å²) < 4.78 is 6.56. The molecular formula is C14H14ClN3O2. The van der Waals surface area contributed by atoms with E-state index in [0.29, 0.717) is 17.3 Å². The van der Waals surface area contributed by atoms with Crippen molar-refractivity contribution in [3.05, 3.63) is 58.9 Å². The van der Waals surface area contributed by atoms with E-state index in [1.54, 1.807) is 11.6 Å².